The number of rotatable bonds is 4. The minimum atomic E-state index is -3.45. The van der Waals surface area contributed by atoms with Crippen LogP contribution in [0.5, 0.6) is 0 Å². The molecule has 3 N–H and O–H groups in total. The normalized spacial score (nSPS) is 23.7. The van der Waals surface area contributed by atoms with E-state index in [-0.39, 0.29) is 6.04 Å². The number of sulfonamides is 1. The summed E-state index contributed by atoms with van der Waals surface area (Å²) in [5, 5.41) is 0.560. The molecule has 0 heterocycles. The fourth-order valence-electron chi connectivity index (χ4n) is 2.57. The zero-order valence-corrected chi connectivity index (χ0v) is 13.6. The van der Waals surface area contributed by atoms with Crippen molar-refractivity contribution in [2.75, 3.05) is 12.0 Å². The molecule has 1 aliphatic carbocycles. The Morgan fingerprint density at radius 3 is 2.75 bits per heavy atom. The Labute approximate surface area is 125 Å². The second kappa shape index (κ2) is 6.37. The number of nitrogens with one attached hydrogen (secondary N) is 1. The van der Waals surface area contributed by atoms with E-state index in [1.165, 1.54) is 6.42 Å². The molecule has 2 atom stereocenters. The van der Waals surface area contributed by atoms with E-state index in [1.54, 1.807) is 18.2 Å². The molecule has 1 aromatic carbocycles. The number of benzene rings is 1. The smallest absolute Gasteiger partial charge is 0.240 e. The summed E-state index contributed by atoms with van der Waals surface area (Å²) in [5.74, 6) is 0. The number of nitrogens with two attached hydrogens (primary N) is 1. The number of hydrogen-bond donors (Lipinski definition) is 2. The van der Waals surface area contributed by atoms with Gasteiger partial charge in [-0.1, -0.05) is 6.42 Å². The quantitative estimate of drug-likeness (QED) is 0.838. The first kappa shape index (κ1) is 15.7. The minimum Gasteiger partial charge on any atom is -0.399 e. The summed E-state index contributed by atoms with van der Waals surface area (Å²) in [7, 11) is -3.45. The van der Waals surface area contributed by atoms with Crippen molar-refractivity contribution in [2.24, 2.45) is 0 Å². The van der Waals surface area contributed by atoms with Crippen molar-refractivity contribution in [3.8, 4) is 0 Å². The van der Waals surface area contributed by atoms with E-state index in [2.05, 4.69) is 11.0 Å². The number of hydrogen-bond acceptors (Lipinski definition) is 4. The lowest BCUT2D eigenvalue weighted by atomic mass is 9.96. The van der Waals surface area contributed by atoms with Crippen molar-refractivity contribution in [1.82, 2.24) is 4.72 Å². The molecule has 0 aromatic heterocycles. The third-order valence-corrected chi connectivity index (χ3v) is 6.45. The van der Waals surface area contributed by atoms with Crippen LogP contribution in [-0.2, 0) is 10.0 Å². The van der Waals surface area contributed by atoms with Gasteiger partial charge in [0.25, 0.3) is 0 Å². The van der Waals surface area contributed by atoms with Gasteiger partial charge in [0.15, 0.2) is 0 Å². The molecule has 0 aliphatic heterocycles. The van der Waals surface area contributed by atoms with Crippen molar-refractivity contribution < 1.29 is 8.42 Å². The third kappa shape index (κ3) is 3.68. The SMILES string of the molecule is CSC1CCCC(NS(=O)(=O)c2ccc(N)c(C)c2)C1. The van der Waals surface area contributed by atoms with E-state index in [4.69, 9.17) is 5.73 Å². The van der Waals surface area contributed by atoms with Crippen LogP contribution in [0.3, 0.4) is 0 Å². The van der Waals surface area contributed by atoms with Gasteiger partial charge in [0.2, 0.25) is 10.0 Å². The largest absolute Gasteiger partial charge is 0.399 e. The molecule has 4 nitrogen and oxygen atoms in total. The standard InChI is InChI=1S/C14H22N2O2S2/c1-10-8-13(6-7-14(10)15)20(17,18)16-11-4-3-5-12(9-11)19-2/h6-8,11-12,16H,3-5,9,15H2,1-2H3. The summed E-state index contributed by atoms with van der Waals surface area (Å²) >= 11 is 1.82. The zero-order chi connectivity index (χ0) is 14.8. The minimum absolute atomic E-state index is 0.0454. The molecule has 1 aromatic rings. The van der Waals surface area contributed by atoms with Crippen LogP contribution in [0.2, 0.25) is 0 Å². The van der Waals surface area contributed by atoms with Gasteiger partial charge in [0.1, 0.15) is 0 Å². The summed E-state index contributed by atoms with van der Waals surface area (Å²) < 4.78 is 27.6. The van der Waals surface area contributed by atoms with Gasteiger partial charge in [-0.15, -0.1) is 0 Å². The fourth-order valence-corrected chi connectivity index (χ4v) is 4.76. The van der Waals surface area contributed by atoms with Gasteiger partial charge >= 0.3 is 0 Å². The van der Waals surface area contributed by atoms with Crippen LogP contribution in [0.1, 0.15) is 31.2 Å². The average molecular weight is 314 g/mol. The third-order valence-electron chi connectivity index (χ3n) is 3.83. The van der Waals surface area contributed by atoms with Crippen LogP contribution < -0.4 is 10.5 Å². The van der Waals surface area contributed by atoms with Gasteiger partial charge in [0, 0.05) is 17.0 Å². The monoisotopic (exact) mass is 314 g/mol. The Morgan fingerprint density at radius 1 is 1.35 bits per heavy atom. The lowest BCUT2D eigenvalue weighted by Crippen LogP contribution is -2.39. The predicted octanol–water partition coefficient (Wildman–Crippen LogP) is 2.53. The van der Waals surface area contributed by atoms with Crippen molar-refractivity contribution in [3.05, 3.63) is 23.8 Å². The number of thioether (sulfide) groups is 1. The second-order valence-corrected chi connectivity index (χ2v) is 8.21. The van der Waals surface area contributed by atoms with E-state index in [0.29, 0.717) is 15.8 Å². The van der Waals surface area contributed by atoms with Crippen molar-refractivity contribution in [1.29, 1.82) is 0 Å². The van der Waals surface area contributed by atoms with Crippen molar-refractivity contribution >= 4 is 27.5 Å². The molecule has 112 valence electrons. The van der Waals surface area contributed by atoms with E-state index in [1.807, 2.05) is 18.7 Å². The second-order valence-electron chi connectivity index (χ2n) is 5.36. The zero-order valence-electron chi connectivity index (χ0n) is 11.9. The van der Waals surface area contributed by atoms with E-state index in [0.717, 1.165) is 24.8 Å². The van der Waals surface area contributed by atoms with Gasteiger partial charge in [0.05, 0.1) is 4.90 Å². The van der Waals surface area contributed by atoms with E-state index in [9.17, 15) is 8.42 Å². The molecule has 0 spiro atoms. The number of aryl methyl sites for hydroxylation is 1. The molecular formula is C14H22N2O2S2. The van der Waals surface area contributed by atoms with Gasteiger partial charge in [-0.2, -0.15) is 11.8 Å². The molecule has 20 heavy (non-hydrogen) atoms. The predicted molar refractivity (Wildman–Crippen MR) is 85.5 cm³/mol. The first-order valence-electron chi connectivity index (χ1n) is 6.83. The van der Waals surface area contributed by atoms with Crippen LogP contribution in [0.15, 0.2) is 23.1 Å². The maximum atomic E-state index is 12.4. The average Bonchev–Trinajstić information content (AvgIpc) is 2.41. The van der Waals surface area contributed by atoms with Crippen molar-refractivity contribution in [2.45, 2.75) is 48.8 Å². The highest BCUT2D eigenvalue weighted by Gasteiger charge is 2.26. The number of anilines is 1. The van der Waals surface area contributed by atoms with Crippen LogP contribution >= 0.6 is 11.8 Å². The van der Waals surface area contributed by atoms with Crippen molar-refractivity contribution in [3.63, 3.8) is 0 Å². The topological polar surface area (TPSA) is 72.2 Å². The Balaban J connectivity index is 2.12. The maximum Gasteiger partial charge on any atom is 0.240 e. The van der Waals surface area contributed by atoms with Crippen LogP contribution in [0.4, 0.5) is 5.69 Å². The summed E-state index contributed by atoms with van der Waals surface area (Å²) in [5.41, 5.74) is 7.14. The highest BCUT2D eigenvalue weighted by atomic mass is 32.2. The molecular weight excluding hydrogens is 292 g/mol. The highest BCUT2D eigenvalue weighted by molar-refractivity contribution is 7.99. The van der Waals surface area contributed by atoms with Gasteiger partial charge in [-0.3, -0.25) is 0 Å². The Morgan fingerprint density at radius 2 is 2.10 bits per heavy atom. The van der Waals surface area contributed by atoms with Gasteiger partial charge in [-0.25, -0.2) is 13.1 Å². The highest BCUT2D eigenvalue weighted by Crippen LogP contribution is 2.28. The number of nitrogen functional groups attached to an aromatic ring is 1. The molecule has 2 unspecified atom stereocenters. The lowest BCUT2D eigenvalue weighted by Gasteiger charge is -2.28. The lowest BCUT2D eigenvalue weighted by molar-refractivity contribution is 0.421. The summed E-state index contributed by atoms with van der Waals surface area (Å²) in [6, 6.07) is 4.89. The van der Waals surface area contributed by atoms with Crippen LogP contribution in [0, 0.1) is 6.92 Å². The molecule has 0 radical (unpaired) electrons. The molecule has 0 amide bonds. The molecule has 1 aliphatic rings. The Kier molecular flexibility index (Phi) is 4.99. The first-order valence-corrected chi connectivity index (χ1v) is 9.60. The molecule has 6 heteroatoms. The first-order chi connectivity index (χ1) is 9.42. The molecule has 0 saturated heterocycles. The molecule has 1 saturated carbocycles. The molecule has 2 rings (SSSR count). The summed E-state index contributed by atoms with van der Waals surface area (Å²) in [6.07, 6.45) is 6.18. The van der Waals surface area contributed by atoms with Gasteiger partial charge < -0.3 is 5.73 Å². The summed E-state index contributed by atoms with van der Waals surface area (Å²) in [6.45, 7) is 1.82. The van der Waals surface area contributed by atoms with Crippen LogP contribution in [0.25, 0.3) is 0 Å². The Hall–Kier alpha value is -0.720. The summed E-state index contributed by atoms with van der Waals surface area (Å²) in [4.78, 5) is 0.301. The maximum absolute atomic E-state index is 12.4. The van der Waals surface area contributed by atoms with Gasteiger partial charge in [-0.05, 0) is 56.2 Å². The van der Waals surface area contributed by atoms with Crippen LogP contribution in [-0.4, -0.2) is 26.0 Å². The molecule has 0 bridgehead atoms. The van der Waals surface area contributed by atoms with E-state index < -0.39 is 10.0 Å². The molecule has 1 fully saturated rings. The Bertz CT molecular complexity index is 573. The van der Waals surface area contributed by atoms with E-state index >= 15 is 0 Å². The fraction of sp³-hybridized carbons (Fsp3) is 0.571.